The average molecular weight is 208 g/mol. The average Bonchev–Trinajstić information content (AvgIpc) is 2.28. The first kappa shape index (κ1) is 11.5. The molecular weight excluding hydrogens is 195 g/mol. The summed E-state index contributed by atoms with van der Waals surface area (Å²) in [7, 11) is 1.69. The topological polar surface area (TPSA) is 45.0 Å². The fourth-order valence-electron chi connectivity index (χ4n) is 0.919. The molecule has 0 saturated heterocycles. The van der Waals surface area contributed by atoms with Crippen molar-refractivity contribution in [1.82, 2.24) is 5.32 Å². The number of likely N-dealkylation sites (N-methyl/N-ethyl adjacent to an activating group) is 1. The Morgan fingerprint density at radius 1 is 1.47 bits per heavy atom. The monoisotopic (exact) mass is 208 g/mol. The Morgan fingerprint density at radius 3 is 2.53 bits per heavy atom. The zero-order valence-corrected chi connectivity index (χ0v) is 8.75. The van der Waals surface area contributed by atoms with Gasteiger partial charge in [-0.1, -0.05) is 0 Å². The summed E-state index contributed by atoms with van der Waals surface area (Å²) in [5.74, 6) is 0.243. The Kier molecular flexibility index (Phi) is 3.64. The molecule has 0 spiro atoms. The number of nitriles is 1. The number of nitrogens with zero attached hydrogens (tertiary/aromatic N) is 1. The van der Waals surface area contributed by atoms with Crippen LogP contribution in [-0.2, 0) is 0 Å². The van der Waals surface area contributed by atoms with E-state index in [1.165, 1.54) is 24.3 Å². The van der Waals surface area contributed by atoms with Crippen molar-refractivity contribution in [2.45, 2.75) is 12.5 Å². The van der Waals surface area contributed by atoms with Crippen LogP contribution in [0.4, 0.5) is 4.39 Å². The van der Waals surface area contributed by atoms with E-state index < -0.39 is 5.54 Å². The maximum atomic E-state index is 12.6. The van der Waals surface area contributed by atoms with Crippen LogP contribution < -0.4 is 10.1 Å². The van der Waals surface area contributed by atoms with Crippen LogP contribution in [0.2, 0.25) is 0 Å². The van der Waals surface area contributed by atoms with E-state index in [1.54, 1.807) is 14.0 Å². The van der Waals surface area contributed by atoms with Crippen molar-refractivity contribution in [2.24, 2.45) is 0 Å². The molecule has 0 heterocycles. The Bertz CT molecular complexity index is 358. The molecule has 0 aromatic heterocycles. The molecule has 1 unspecified atom stereocenters. The molecule has 1 atom stereocenters. The van der Waals surface area contributed by atoms with Gasteiger partial charge in [-0.05, 0) is 38.2 Å². The van der Waals surface area contributed by atoms with Crippen molar-refractivity contribution >= 4 is 0 Å². The van der Waals surface area contributed by atoms with Crippen molar-refractivity contribution in [3.05, 3.63) is 30.1 Å². The highest BCUT2D eigenvalue weighted by molar-refractivity contribution is 5.22. The second-order valence-electron chi connectivity index (χ2n) is 3.44. The molecule has 0 fully saturated rings. The molecule has 80 valence electrons. The summed E-state index contributed by atoms with van der Waals surface area (Å²) >= 11 is 0. The minimum Gasteiger partial charge on any atom is -0.491 e. The van der Waals surface area contributed by atoms with Gasteiger partial charge in [0.15, 0.2) is 0 Å². The molecular formula is C11H13FN2O. The summed E-state index contributed by atoms with van der Waals surface area (Å²) in [6.45, 7) is 1.95. The first-order chi connectivity index (χ1) is 7.09. The minimum absolute atomic E-state index is 0.214. The number of rotatable bonds is 4. The van der Waals surface area contributed by atoms with E-state index in [9.17, 15) is 4.39 Å². The molecule has 0 amide bonds. The summed E-state index contributed by atoms with van der Waals surface area (Å²) in [4.78, 5) is 0. The lowest BCUT2D eigenvalue weighted by Gasteiger charge is -2.20. The van der Waals surface area contributed by atoms with E-state index in [0.29, 0.717) is 5.75 Å². The SMILES string of the molecule is CNC(C)(C#N)COc1ccc(F)cc1. The van der Waals surface area contributed by atoms with Crippen molar-refractivity contribution in [1.29, 1.82) is 5.26 Å². The second kappa shape index (κ2) is 4.76. The van der Waals surface area contributed by atoms with Crippen molar-refractivity contribution < 1.29 is 9.13 Å². The summed E-state index contributed by atoms with van der Waals surface area (Å²) < 4.78 is 17.9. The molecule has 0 radical (unpaired) electrons. The van der Waals surface area contributed by atoms with Gasteiger partial charge in [-0.15, -0.1) is 0 Å². The quantitative estimate of drug-likeness (QED) is 0.819. The summed E-state index contributed by atoms with van der Waals surface area (Å²) in [6, 6.07) is 7.80. The molecule has 1 aromatic carbocycles. The van der Waals surface area contributed by atoms with Gasteiger partial charge in [-0.3, -0.25) is 5.32 Å². The summed E-state index contributed by atoms with van der Waals surface area (Å²) in [5, 5.41) is 11.7. The third-order valence-electron chi connectivity index (χ3n) is 2.14. The fourth-order valence-corrected chi connectivity index (χ4v) is 0.919. The molecule has 0 bridgehead atoms. The lowest BCUT2D eigenvalue weighted by Crippen LogP contribution is -2.43. The van der Waals surface area contributed by atoms with Crippen molar-refractivity contribution in [3.8, 4) is 11.8 Å². The molecule has 1 N–H and O–H groups in total. The van der Waals surface area contributed by atoms with Crippen LogP contribution in [0.25, 0.3) is 0 Å². The van der Waals surface area contributed by atoms with Gasteiger partial charge >= 0.3 is 0 Å². The highest BCUT2D eigenvalue weighted by atomic mass is 19.1. The van der Waals surface area contributed by atoms with Gasteiger partial charge in [0.05, 0.1) is 6.07 Å². The van der Waals surface area contributed by atoms with E-state index in [4.69, 9.17) is 10.00 Å². The molecule has 4 heteroatoms. The normalized spacial score (nSPS) is 14.0. The molecule has 3 nitrogen and oxygen atoms in total. The lowest BCUT2D eigenvalue weighted by molar-refractivity contribution is 0.242. The third kappa shape index (κ3) is 3.22. The molecule has 0 saturated carbocycles. The summed E-state index contributed by atoms with van der Waals surface area (Å²) in [5.41, 5.74) is -0.728. The Morgan fingerprint density at radius 2 is 2.07 bits per heavy atom. The van der Waals surface area contributed by atoms with E-state index in [2.05, 4.69) is 11.4 Å². The highest BCUT2D eigenvalue weighted by Gasteiger charge is 2.21. The number of hydrogen-bond donors (Lipinski definition) is 1. The van der Waals surface area contributed by atoms with Gasteiger partial charge in [0, 0.05) is 0 Å². The zero-order valence-electron chi connectivity index (χ0n) is 8.75. The van der Waals surface area contributed by atoms with Gasteiger partial charge < -0.3 is 4.74 Å². The predicted octanol–water partition coefficient (Wildman–Crippen LogP) is 1.71. The molecule has 0 aliphatic carbocycles. The van der Waals surface area contributed by atoms with Crippen LogP contribution in [0.5, 0.6) is 5.75 Å². The Hall–Kier alpha value is -1.60. The largest absolute Gasteiger partial charge is 0.491 e. The predicted molar refractivity (Wildman–Crippen MR) is 55.0 cm³/mol. The lowest BCUT2D eigenvalue weighted by atomic mass is 10.1. The van der Waals surface area contributed by atoms with Crippen LogP contribution >= 0.6 is 0 Å². The van der Waals surface area contributed by atoms with Gasteiger partial charge in [0.1, 0.15) is 23.7 Å². The van der Waals surface area contributed by atoms with Crippen LogP contribution in [0.3, 0.4) is 0 Å². The molecule has 0 aliphatic rings. The Balaban J connectivity index is 2.58. The van der Waals surface area contributed by atoms with Gasteiger partial charge in [-0.2, -0.15) is 5.26 Å². The Labute approximate surface area is 88.5 Å². The summed E-state index contributed by atoms with van der Waals surface area (Å²) in [6.07, 6.45) is 0. The first-order valence-electron chi connectivity index (χ1n) is 4.58. The fraction of sp³-hybridized carbons (Fsp3) is 0.364. The zero-order chi connectivity index (χ0) is 11.3. The van der Waals surface area contributed by atoms with E-state index >= 15 is 0 Å². The van der Waals surface area contributed by atoms with Gasteiger partial charge in [0.2, 0.25) is 0 Å². The molecule has 1 rings (SSSR count). The molecule has 15 heavy (non-hydrogen) atoms. The first-order valence-corrected chi connectivity index (χ1v) is 4.58. The maximum Gasteiger partial charge on any atom is 0.137 e. The standard InChI is InChI=1S/C11H13FN2O/c1-11(7-13,14-2)8-15-10-5-3-9(12)4-6-10/h3-6,14H,8H2,1-2H3. The number of benzene rings is 1. The minimum atomic E-state index is -0.728. The van der Waals surface area contributed by atoms with Crippen LogP contribution in [-0.4, -0.2) is 19.2 Å². The number of hydrogen-bond acceptors (Lipinski definition) is 3. The number of nitrogens with one attached hydrogen (secondary N) is 1. The van der Waals surface area contributed by atoms with Gasteiger partial charge in [0.25, 0.3) is 0 Å². The smallest absolute Gasteiger partial charge is 0.137 e. The van der Waals surface area contributed by atoms with E-state index in [-0.39, 0.29) is 12.4 Å². The number of ether oxygens (including phenoxy) is 1. The van der Waals surface area contributed by atoms with Crippen LogP contribution in [0.1, 0.15) is 6.92 Å². The third-order valence-corrected chi connectivity index (χ3v) is 2.14. The maximum absolute atomic E-state index is 12.6. The molecule has 0 aliphatic heterocycles. The van der Waals surface area contributed by atoms with Crippen LogP contribution in [0.15, 0.2) is 24.3 Å². The van der Waals surface area contributed by atoms with E-state index in [1.807, 2.05) is 0 Å². The van der Waals surface area contributed by atoms with E-state index in [0.717, 1.165) is 0 Å². The van der Waals surface area contributed by atoms with Crippen LogP contribution in [0, 0.1) is 17.1 Å². The van der Waals surface area contributed by atoms with Crippen molar-refractivity contribution in [3.63, 3.8) is 0 Å². The second-order valence-corrected chi connectivity index (χ2v) is 3.44. The van der Waals surface area contributed by atoms with Gasteiger partial charge in [-0.25, -0.2) is 4.39 Å². The number of halogens is 1. The highest BCUT2D eigenvalue weighted by Crippen LogP contribution is 2.13. The van der Waals surface area contributed by atoms with Crippen molar-refractivity contribution in [2.75, 3.05) is 13.7 Å². The molecule has 1 aromatic rings.